The van der Waals surface area contributed by atoms with E-state index in [1.54, 1.807) is 11.0 Å². The summed E-state index contributed by atoms with van der Waals surface area (Å²) in [5.74, 6) is 2.96. The number of rotatable bonds is 8. The highest BCUT2D eigenvalue weighted by Crippen LogP contribution is 2.43. The molecule has 1 aromatic heterocycles. The topological polar surface area (TPSA) is 69.0 Å². The fraction of sp³-hybridized carbons (Fsp3) is 0.318. The Morgan fingerprint density at radius 2 is 1.90 bits per heavy atom. The van der Waals surface area contributed by atoms with Crippen LogP contribution in [0, 0.1) is 0 Å². The molecule has 0 radical (unpaired) electrons. The summed E-state index contributed by atoms with van der Waals surface area (Å²) in [6.45, 7) is 0.466. The highest BCUT2D eigenvalue weighted by atomic mass is 32.2. The minimum atomic E-state index is -0.216. The van der Waals surface area contributed by atoms with Crippen LogP contribution in [0.1, 0.15) is 28.2 Å². The summed E-state index contributed by atoms with van der Waals surface area (Å²) in [6.07, 6.45) is 4.41. The molecule has 0 spiro atoms. The minimum Gasteiger partial charge on any atom is -0.484 e. The Kier molecular flexibility index (Phi) is 7.31. The van der Waals surface area contributed by atoms with Crippen LogP contribution in [0.5, 0.6) is 5.75 Å². The highest BCUT2D eigenvalue weighted by molar-refractivity contribution is 8.16. The lowest BCUT2D eigenvalue weighted by molar-refractivity contribution is -0.124. The van der Waals surface area contributed by atoms with Crippen LogP contribution in [0.2, 0.25) is 0 Å². The van der Waals surface area contributed by atoms with Crippen molar-refractivity contribution in [1.29, 1.82) is 0 Å². The number of benzene rings is 2. The molecule has 1 amide bonds. The first kappa shape index (κ1) is 20.8. The molecule has 1 aliphatic rings. The van der Waals surface area contributed by atoms with E-state index in [2.05, 4.69) is 27.5 Å². The molecule has 2 aromatic carbocycles. The number of ether oxygens (including phenoxy) is 1. The molecule has 4 rings (SSSR count). The van der Waals surface area contributed by atoms with Gasteiger partial charge in [0.2, 0.25) is 0 Å². The lowest BCUT2D eigenvalue weighted by Gasteiger charge is -2.21. The number of aromatic nitrogens is 3. The molecule has 156 valence electrons. The van der Waals surface area contributed by atoms with Gasteiger partial charge in [-0.1, -0.05) is 42.5 Å². The molecule has 3 aromatic rings. The zero-order valence-corrected chi connectivity index (χ0v) is 18.1. The Bertz CT molecular complexity index is 914. The van der Waals surface area contributed by atoms with E-state index in [0.29, 0.717) is 16.9 Å². The van der Waals surface area contributed by atoms with Gasteiger partial charge in [0.25, 0.3) is 5.91 Å². The van der Waals surface area contributed by atoms with Crippen LogP contribution in [-0.2, 0) is 11.3 Å². The summed E-state index contributed by atoms with van der Waals surface area (Å²) in [4.78, 5) is 16.5. The molecule has 8 heteroatoms. The van der Waals surface area contributed by atoms with E-state index in [-0.39, 0.29) is 18.6 Å². The van der Waals surface area contributed by atoms with Gasteiger partial charge in [-0.3, -0.25) is 9.48 Å². The average Bonchev–Trinajstić information content (AvgIpc) is 3.32. The molecule has 2 heterocycles. The largest absolute Gasteiger partial charge is 0.484 e. The zero-order valence-electron chi connectivity index (χ0n) is 16.5. The molecule has 1 N–H and O–H groups in total. The Balaban J connectivity index is 1.33. The summed E-state index contributed by atoms with van der Waals surface area (Å²) in [6, 6.07) is 17.7. The standard InChI is InChI=1S/C22H24N4O2S2/c27-21(14-28-19-9-7-18(8-10-19)22-29-11-4-12-30-22)25-20(13-26-16-23-15-24-26)17-5-2-1-3-6-17/h1-3,5-10,15-16,20,22H,4,11-14H2,(H,25,27). The second kappa shape index (κ2) is 10.5. The lowest BCUT2D eigenvalue weighted by atomic mass is 10.1. The summed E-state index contributed by atoms with van der Waals surface area (Å²) >= 11 is 3.99. The van der Waals surface area contributed by atoms with Gasteiger partial charge >= 0.3 is 0 Å². The first-order chi connectivity index (χ1) is 14.8. The van der Waals surface area contributed by atoms with Crippen molar-refractivity contribution in [3.63, 3.8) is 0 Å². The van der Waals surface area contributed by atoms with Crippen molar-refractivity contribution < 1.29 is 9.53 Å². The van der Waals surface area contributed by atoms with Crippen molar-refractivity contribution in [1.82, 2.24) is 20.1 Å². The van der Waals surface area contributed by atoms with Crippen molar-refractivity contribution in [2.75, 3.05) is 18.1 Å². The van der Waals surface area contributed by atoms with Crippen LogP contribution in [-0.4, -0.2) is 38.8 Å². The van der Waals surface area contributed by atoms with Gasteiger partial charge in [0.15, 0.2) is 6.61 Å². The van der Waals surface area contributed by atoms with Gasteiger partial charge in [-0.2, -0.15) is 5.10 Å². The number of carbonyl (C=O) groups excluding carboxylic acids is 1. The molecular weight excluding hydrogens is 416 g/mol. The van der Waals surface area contributed by atoms with E-state index in [1.165, 1.54) is 29.8 Å². The first-order valence-electron chi connectivity index (χ1n) is 9.90. The maximum absolute atomic E-state index is 12.6. The van der Waals surface area contributed by atoms with Crippen molar-refractivity contribution in [3.8, 4) is 5.75 Å². The number of nitrogens with zero attached hydrogens (tertiary/aromatic N) is 3. The van der Waals surface area contributed by atoms with Gasteiger partial charge in [0, 0.05) is 0 Å². The number of carbonyl (C=O) groups is 1. The van der Waals surface area contributed by atoms with Crippen molar-refractivity contribution in [2.45, 2.75) is 23.6 Å². The lowest BCUT2D eigenvalue weighted by Crippen LogP contribution is -2.35. The molecule has 6 nitrogen and oxygen atoms in total. The van der Waals surface area contributed by atoms with E-state index in [0.717, 1.165) is 5.56 Å². The van der Waals surface area contributed by atoms with Crippen molar-refractivity contribution in [3.05, 3.63) is 78.4 Å². The fourth-order valence-corrected chi connectivity index (χ4v) is 6.11. The highest BCUT2D eigenvalue weighted by Gasteiger charge is 2.18. The van der Waals surface area contributed by atoms with Crippen LogP contribution in [0.25, 0.3) is 0 Å². The number of nitrogens with one attached hydrogen (secondary N) is 1. The van der Waals surface area contributed by atoms with Crippen LogP contribution in [0.4, 0.5) is 0 Å². The van der Waals surface area contributed by atoms with E-state index >= 15 is 0 Å². The molecule has 0 saturated carbocycles. The molecular formula is C22H24N4O2S2. The van der Waals surface area contributed by atoms with Gasteiger partial charge < -0.3 is 10.1 Å². The van der Waals surface area contributed by atoms with Crippen LogP contribution >= 0.6 is 23.5 Å². The number of hydrogen-bond donors (Lipinski definition) is 1. The molecule has 1 fully saturated rings. The zero-order chi connectivity index (χ0) is 20.6. The quantitative estimate of drug-likeness (QED) is 0.569. The van der Waals surface area contributed by atoms with E-state index in [1.807, 2.05) is 66.0 Å². The predicted molar refractivity (Wildman–Crippen MR) is 122 cm³/mol. The Morgan fingerprint density at radius 3 is 2.60 bits per heavy atom. The van der Waals surface area contributed by atoms with E-state index < -0.39 is 0 Å². The minimum absolute atomic E-state index is 0.0348. The number of thioether (sulfide) groups is 2. The Labute approximate surface area is 184 Å². The van der Waals surface area contributed by atoms with Gasteiger partial charge in [-0.05, 0) is 41.2 Å². The van der Waals surface area contributed by atoms with Crippen LogP contribution in [0.15, 0.2) is 67.3 Å². The van der Waals surface area contributed by atoms with Crippen LogP contribution < -0.4 is 10.1 Å². The van der Waals surface area contributed by atoms with Crippen molar-refractivity contribution >= 4 is 29.4 Å². The third-order valence-corrected chi connectivity index (χ3v) is 7.74. The fourth-order valence-electron chi connectivity index (χ4n) is 3.22. The normalized spacial score (nSPS) is 15.5. The third-order valence-electron chi connectivity index (χ3n) is 4.72. The molecule has 0 aliphatic carbocycles. The smallest absolute Gasteiger partial charge is 0.258 e. The van der Waals surface area contributed by atoms with Gasteiger partial charge in [0.1, 0.15) is 18.4 Å². The third kappa shape index (κ3) is 5.79. The first-order valence-corrected chi connectivity index (χ1v) is 12.0. The van der Waals surface area contributed by atoms with Gasteiger partial charge in [-0.25, -0.2) is 4.98 Å². The monoisotopic (exact) mass is 440 g/mol. The van der Waals surface area contributed by atoms with Crippen LogP contribution in [0.3, 0.4) is 0 Å². The molecule has 1 saturated heterocycles. The summed E-state index contributed by atoms with van der Waals surface area (Å²) < 4.78 is 7.93. The van der Waals surface area contributed by atoms with Gasteiger partial charge in [0.05, 0.1) is 17.2 Å². The second-order valence-electron chi connectivity index (χ2n) is 6.93. The SMILES string of the molecule is O=C(COc1ccc(C2SCCCS2)cc1)NC(Cn1cncn1)c1ccccc1. The molecule has 30 heavy (non-hydrogen) atoms. The second-order valence-corrected chi connectivity index (χ2v) is 9.66. The molecule has 0 bridgehead atoms. The summed E-state index contributed by atoms with van der Waals surface area (Å²) in [7, 11) is 0. The summed E-state index contributed by atoms with van der Waals surface area (Å²) in [5, 5.41) is 7.19. The number of amides is 1. The molecule has 1 atom stereocenters. The van der Waals surface area contributed by atoms with Crippen molar-refractivity contribution in [2.24, 2.45) is 0 Å². The Morgan fingerprint density at radius 1 is 1.13 bits per heavy atom. The Hall–Kier alpha value is -2.45. The maximum Gasteiger partial charge on any atom is 0.258 e. The number of hydrogen-bond acceptors (Lipinski definition) is 6. The van der Waals surface area contributed by atoms with Gasteiger partial charge in [-0.15, -0.1) is 23.5 Å². The van der Waals surface area contributed by atoms with E-state index in [9.17, 15) is 4.79 Å². The molecule has 1 aliphatic heterocycles. The average molecular weight is 441 g/mol. The predicted octanol–water partition coefficient (Wildman–Crippen LogP) is 4.08. The summed E-state index contributed by atoms with van der Waals surface area (Å²) in [5.41, 5.74) is 2.31. The maximum atomic E-state index is 12.6. The van der Waals surface area contributed by atoms with E-state index in [4.69, 9.17) is 4.74 Å². The molecule has 1 unspecified atom stereocenters.